The lowest BCUT2D eigenvalue weighted by Crippen LogP contribution is -2.41. The van der Waals surface area contributed by atoms with Gasteiger partial charge in [-0.3, -0.25) is 4.79 Å². The van der Waals surface area contributed by atoms with Crippen LogP contribution in [0.5, 0.6) is 0 Å². The number of hydrogen-bond donors (Lipinski definition) is 3. The highest BCUT2D eigenvalue weighted by atomic mass is 32.2. The first kappa shape index (κ1) is 31.0. The van der Waals surface area contributed by atoms with Crippen molar-refractivity contribution in [2.24, 2.45) is 11.8 Å². The predicted molar refractivity (Wildman–Crippen MR) is 163 cm³/mol. The Hall–Kier alpha value is -2.98. The van der Waals surface area contributed by atoms with Gasteiger partial charge in [0.25, 0.3) is 15.9 Å². The zero-order chi connectivity index (χ0) is 30.4. The van der Waals surface area contributed by atoms with Gasteiger partial charge in [0.1, 0.15) is 11.6 Å². The smallest absolute Gasteiger partial charge is 0.281 e. The minimum atomic E-state index is -4.26. The second-order valence-corrected chi connectivity index (χ2v) is 15.5. The summed E-state index contributed by atoms with van der Waals surface area (Å²) in [5.74, 6) is 0.799. The van der Waals surface area contributed by atoms with Crippen molar-refractivity contribution in [2.45, 2.75) is 102 Å². The van der Waals surface area contributed by atoms with Crippen LogP contribution >= 0.6 is 0 Å². The topological polar surface area (TPSA) is 125 Å². The van der Waals surface area contributed by atoms with E-state index in [4.69, 9.17) is 4.98 Å². The van der Waals surface area contributed by atoms with E-state index in [1.165, 1.54) is 6.07 Å². The summed E-state index contributed by atoms with van der Waals surface area (Å²) in [4.78, 5) is 25.1. The fourth-order valence-corrected chi connectivity index (χ4v) is 6.70. The van der Waals surface area contributed by atoms with Crippen LogP contribution in [0.25, 0.3) is 0 Å². The molecule has 41 heavy (non-hydrogen) atoms. The van der Waals surface area contributed by atoms with Gasteiger partial charge in [-0.05, 0) is 83.1 Å². The Bertz CT molecular complexity index is 1420. The van der Waals surface area contributed by atoms with Crippen LogP contribution in [-0.2, 0) is 15.4 Å². The van der Waals surface area contributed by atoms with E-state index in [1.807, 2.05) is 6.08 Å². The molecule has 9 nitrogen and oxygen atoms in total. The van der Waals surface area contributed by atoms with Gasteiger partial charge in [0.15, 0.2) is 5.03 Å². The minimum Gasteiger partial charge on any atom is -0.386 e. The number of nitrogens with zero attached hydrogens (tertiary/aromatic N) is 3. The van der Waals surface area contributed by atoms with E-state index in [2.05, 4.69) is 61.5 Å². The number of anilines is 2. The molecule has 1 amide bonds. The van der Waals surface area contributed by atoms with Crippen LogP contribution in [0.3, 0.4) is 0 Å². The largest absolute Gasteiger partial charge is 0.386 e. The molecule has 0 aromatic carbocycles. The molecule has 2 aliphatic heterocycles. The molecule has 4 bridgehead atoms. The van der Waals surface area contributed by atoms with Gasteiger partial charge in [0.05, 0.1) is 11.2 Å². The lowest BCUT2D eigenvalue weighted by molar-refractivity contribution is 0.0981. The van der Waals surface area contributed by atoms with Gasteiger partial charge in [-0.2, -0.15) is 8.42 Å². The number of carbonyl (C=O) groups is 1. The second kappa shape index (κ2) is 11.0. The number of hydrogen-bond acceptors (Lipinski definition) is 8. The van der Waals surface area contributed by atoms with Gasteiger partial charge in [0, 0.05) is 29.2 Å². The van der Waals surface area contributed by atoms with Crippen molar-refractivity contribution in [3.05, 3.63) is 53.7 Å². The van der Waals surface area contributed by atoms with Gasteiger partial charge in [0.2, 0.25) is 0 Å². The van der Waals surface area contributed by atoms with E-state index >= 15 is 0 Å². The van der Waals surface area contributed by atoms with Crippen LogP contribution in [0.15, 0.2) is 47.5 Å². The molecule has 4 rings (SSSR count). The minimum absolute atomic E-state index is 0.0520. The second-order valence-electron chi connectivity index (χ2n) is 13.8. The maximum absolute atomic E-state index is 13.6. The molecule has 1 fully saturated rings. The average Bonchev–Trinajstić information content (AvgIpc) is 3.16. The third-order valence-corrected chi connectivity index (χ3v) is 9.27. The molecule has 1 unspecified atom stereocenters. The SMILES string of the molecule is C[C@H]1CC(C/C=C/C(C)(C)O)Nc2cccc(n2)S(=O)(=O)NC(=O)c2ccc(C(C)(C)C)nc2N2C[C@@H]1CC2(C)C. The van der Waals surface area contributed by atoms with Crippen molar-refractivity contribution in [2.75, 3.05) is 16.8 Å². The van der Waals surface area contributed by atoms with Gasteiger partial charge in [-0.15, -0.1) is 0 Å². The normalized spacial score (nSPS) is 24.7. The molecule has 2 aromatic heterocycles. The number of rotatable bonds is 3. The Balaban J connectivity index is 1.83. The highest BCUT2D eigenvalue weighted by Crippen LogP contribution is 2.42. The monoisotopic (exact) mass is 583 g/mol. The molecular weight excluding hydrogens is 538 g/mol. The van der Waals surface area contributed by atoms with Crippen LogP contribution in [0, 0.1) is 11.8 Å². The molecule has 0 spiro atoms. The van der Waals surface area contributed by atoms with E-state index < -0.39 is 21.5 Å². The van der Waals surface area contributed by atoms with Crippen LogP contribution in [0.1, 0.15) is 90.7 Å². The lowest BCUT2D eigenvalue weighted by atomic mass is 9.83. The summed E-state index contributed by atoms with van der Waals surface area (Å²) in [7, 11) is -4.26. The standard InChI is InChI=1S/C31H45N5O4S/c1-20-17-22(11-10-16-31(7,8)38)32-25-12-9-13-26(34-25)41(39,40)35-28(37)23-14-15-24(29(2,3)4)33-27(23)36-19-21(20)18-30(36,5)6/h9-10,12-16,20-22,38H,11,17-19H2,1-8H3,(H,32,34)(H,35,37)/b16-10+/t20-,21-,22?/m0/s1. The third-order valence-electron chi connectivity index (χ3n) is 8.04. The van der Waals surface area contributed by atoms with Crippen LogP contribution in [0.4, 0.5) is 11.6 Å². The summed E-state index contributed by atoms with van der Waals surface area (Å²) in [5.41, 5.74) is -0.442. The molecule has 0 saturated carbocycles. The summed E-state index contributed by atoms with van der Waals surface area (Å²) in [6, 6.07) is 8.15. The van der Waals surface area contributed by atoms with Crippen LogP contribution < -0.4 is 14.9 Å². The summed E-state index contributed by atoms with van der Waals surface area (Å²) >= 11 is 0. The van der Waals surface area contributed by atoms with Gasteiger partial charge in [-0.1, -0.05) is 45.9 Å². The Morgan fingerprint density at radius 2 is 1.83 bits per heavy atom. The molecule has 0 aliphatic carbocycles. The lowest BCUT2D eigenvalue weighted by Gasteiger charge is -2.34. The molecule has 10 heteroatoms. The summed E-state index contributed by atoms with van der Waals surface area (Å²) in [6.07, 6.45) is 6.06. The number of nitrogens with one attached hydrogen (secondary N) is 2. The van der Waals surface area contributed by atoms with Crippen molar-refractivity contribution in [1.29, 1.82) is 0 Å². The Morgan fingerprint density at radius 1 is 1.12 bits per heavy atom. The summed E-state index contributed by atoms with van der Waals surface area (Å²) < 4.78 is 29.0. The van der Waals surface area contributed by atoms with E-state index in [-0.39, 0.29) is 27.6 Å². The molecule has 3 atom stereocenters. The highest BCUT2D eigenvalue weighted by Gasteiger charge is 2.43. The van der Waals surface area contributed by atoms with Gasteiger partial charge >= 0.3 is 0 Å². The number of sulfonamides is 1. The van der Waals surface area contributed by atoms with Crippen molar-refractivity contribution in [1.82, 2.24) is 14.7 Å². The van der Waals surface area contributed by atoms with E-state index in [0.717, 1.165) is 18.5 Å². The summed E-state index contributed by atoms with van der Waals surface area (Å²) in [6.45, 7) is 16.9. The Kier molecular flexibility index (Phi) is 8.32. The van der Waals surface area contributed by atoms with Crippen LogP contribution in [0.2, 0.25) is 0 Å². The summed E-state index contributed by atoms with van der Waals surface area (Å²) in [5, 5.41) is 13.4. The van der Waals surface area contributed by atoms with E-state index in [9.17, 15) is 18.3 Å². The molecule has 0 radical (unpaired) electrons. The molecule has 2 aromatic rings. The number of aromatic nitrogens is 2. The molecule has 2 aliphatic rings. The Labute approximate surface area is 244 Å². The number of aliphatic hydroxyl groups is 1. The first-order valence-electron chi connectivity index (χ1n) is 14.4. The number of pyridine rings is 2. The highest BCUT2D eigenvalue weighted by molar-refractivity contribution is 7.90. The molecule has 3 N–H and O–H groups in total. The van der Waals surface area contributed by atoms with Crippen molar-refractivity contribution < 1.29 is 18.3 Å². The zero-order valence-electron chi connectivity index (χ0n) is 25.5. The first-order valence-corrected chi connectivity index (χ1v) is 15.8. The fraction of sp³-hybridized carbons (Fsp3) is 0.581. The zero-order valence-corrected chi connectivity index (χ0v) is 26.3. The first-order chi connectivity index (χ1) is 18.9. The third kappa shape index (κ3) is 7.27. The quantitative estimate of drug-likeness (QED) is 0.430. The van der Waals surface area contributed by atoms with Crippen molar-refractivity contribution in [3.8, 4) is 0 Å². The number of fused-ring (bicyclic) bond motifs is 6. The molecular formula is C31H45N5O4S. The van der Waals surface area contributed by atoms with E-state index in [1.54, 1.807) is 44.2 Å². The maximum Gasteiger partial charge on any atom is 0.281 e. The van der Waals surface area contributed by atoms with Crippen molar-refractivity contribution >= 4 is 27.6 Å². The van der Waals surface area contributed by atoms with Gasteiger partial charge in [-0.25, -0.2) is 14.7 Å². The fourth-order valence-electron chi connectivity index (χ4n) is 5.76. The Morgan fingerprint density at radius 3 is 2.49 bits per heavy atom. The number of carbonyl (C=O) groups excluding carboxylic acids is 1. The average molecular weight is 584 g/mol. The number of amides is 1. The van der Waals surface area contributed by atoms with Crippen molar-refractivity contribution in [3.63, 3.8) is 0 Å². The molecule has 224 valence electrons. The maximum atomic E-state index is 13.6. The molecule has 1 saturated heterocycles. The van der Waals surface area contributed by atoms with Crippen LogP contribution in [-0.4, -0.2) is 53.1 Å². The molecule has 4 heterocycles. The van der Waals surface area contributed by atoms with Gasteiger partial charge < -0.3 is 15.3 Å². The van der Waals surface area contributed by atoms with E-state index in [0.29, 0.717) is 36.4 Å². The predicted octanol–water partition coefficient (Wildman–Crippen LogP) is 5.04.